The second-order valence-electron chi connectivity index (χ2n) is 7.10. The molecule has 10 heteroatoms. The van der Waals surface area contributed by atoms with E-state index in [0.29, 0.717) is 22.9 Å². The third kappa shape index (κ3) is 4.18. The van der Waals surface area contributed by atoms with E-state index >= 15 is 0 Å². The first kappa shape index (κ1) is 21.8. The molecule has 0 spiro atoms. The number of amides is 1. The molecule has 0 fully saturated rings. The number of fused-ring (bicyclic) bond motifs is 1. The Morgan fingerprint density at radius 1 is 1.03 bits per heavy atom. The van der Waals surface area contributed by atoms with E-state index in [9.17, 15) is 14.7 Å². The Bertz CT molecular complexity index is 1230. The molecule has 3 aromatic rings. The normalized spacial score (nSPS) is 14.4. The monoisotopic (exact) mass is 450 g/mol. The summed E-state index contributed by atoms with van der Waals surface area (Å²) in [7, 11) is 4.59. The molecule has 0 saturated heterocycles. The van der Waals surface area contributed by atoms with E-state index in [0.717, 1.165) is 5.56 Å². The lowest BCUT2D eigenvalue weighted by atomic mass is 10.0. The lowest BCUT2D eigenvalue weighted by Gasteiger charge is -2.24. The predicted molar refractivity (Wildman–Crippen MR) is 120 cm³/mol. The van der Waals surface area contributed by atoms with Gasteiger partial charge < -0.3 is 30.0 Å². The number of methoxy groups -OCH3 is 3. The topological polar surface area (TPSA) is 124 Å². The van der Waals surface area contributed by atoms with Crippen LogP contribution in [0.25, 0.3) is 0 Å². The third-order valence-corrected chi connectivity index (χ3v) is 5.21. The summed E-state index contributed by atoms with van der Waals surface area (Å²) < 4.78 is 17.2. The van der Waals surface area contributed by atoms with Gasteiger partial charge in [-0.2, -0.15) is 5.10 Å². The minimum atomic E-state index is -1.15. The van der Waals surface area contributed by atoms with Crippen molar-refractivity contribution in [1.29, 1.82) is 0 Å². The van der Waals surface area contributed by atoms with Gasteiger partial charge in [0.2, 0.25) is 0 Å². The van der Waals surface area contributed by atoms with E-state index in [1.807, 2.05) is 12.1 Å². The second-order valence-corrected chi connectivity index (χ2v) is 7.10. The minimum absolute atomic E-state index is 0.0519. The fourth-order valence-electron chi connectivity index (χ4n) is 3.54. The minimum Gasteiger partial charge on any atom is -0.497 e. The fourth-order valence-corrected chi connectivity index (χ4v) is 3.54. The van der Waals surface area contributed by atoms with Gasteiger partial charge in [-0.05, 0) is 35.9 Å². The first-order valence-electron chi connectivity index (χ1n) is 9.92. The smallest absolute Gasteiger partial charge is 0.352 e. The second kappa shape index (κ2) is 8.95. The number of ether oxygens (including phenoxy) is 3. The number of nitrogens with zero attached hydrogens (tertiary/aromatic N) is 2. The molecule has 1 amide bonds. The van der Waals surface area contributed by atoms with Crippen LogP contribution in [0.15, 0.2) is 60.4 Å². The number of hydrogen-bond acceptors (Lipinski definition) is 7. The Morgan fingerprint density at radius 2 is 1.76 bits per heavy atom. The molecule has 1 aromatic heterocycles. The number of benzene rings is 2. The largest absolute Gasteiger partial charge is 0.497 e. The van der Waals surface area contributed by atoms with Crippen LogP contribution in [0.2, 0.25) is 0 Å². The summed E-state index contributed by atoms with van der Waals surface area (Å²) in [6, 6.07) is 11.6. The highest BCUT2D eigenvalue weighted by molar-refractivity contribution is 6.08. The summed E-state index contributed by atoms with van der Waals surface area (Å²) in [6.07, 6.45) is 2.94. The Morgan fingerprint density at radius 3 is 2.39 bits per heavy atom. The van der Waals surface area contributed by atoms with Crippen molar-refractivity contribution in [3.8, 4) is 17.2 Å². The first-order valence-corrected chi connectivity index (χ1v) is 9.92. The summed E-state index contributed by atoms with van der Waals surface area (Å²) in [6.45, 7) is 0. The highest BCUT2D eigenvalue weighted by atomic mass is 16.5. The van der Waals surface area contributed by atoms with Crippen molar-refractivity contribution in [3.05, 3.63) is 71.6 Å². The quantitative estimate of drug-likeness (QED) is 0.502. The maximum Gasteiger partial charge on any atom is 0.352 e. The van der Waals surface area contributed by atoms with Crippen LogP contribution in [-0.2, 0) is 4.79 Å². The fraction of sp³-hybridized carbons (Fsp3) is 0.174. The predicted octanol–water partition coefficient (Wildman–Crippen LogP) is 3.14. The maximum atomic E-state index is 13.0. The zero-order valence-corrected chi connectivity index (χ0v) is 18.2. The maximum absolute atomic E-state index is 13.0. The van der Waals surface area contributed by atoms with Gasteiger partial charge in [0.1, 0.15) is 22.8 Å². The van der Waals surface area contributed by atoms with Crippen LogP contribution in [0.3, 0.4) is 0 Å². The Hall–Kier alpha value is -4.47. The molecule has 33 heavy (non-hydrogen) atoms. The number of carbonyl (C=O) groups excluding carboxylic acids is 1. The molecule has 2 heterocycles. The molecule has 170 valence electrons. The van der Waals surface area contributed by atoms with Gasteiger partial charge in [-0.15, -0.1) is 0 Å². The number of allylic oxidation sites excluding steroid dienone is 1. The van der Waals surface area contributed by atoms with Gasteiger partial charge in [0, 0.05) is 11.8 Å². The van der Waals surface area contributed by atoms with Crippen LogP contribution in [0.4, 0.5) is 11.5 Å². The SMILES string of the molecule is COc1ccc([C@@H]2C=C(C(=O)O)Nc3c(C(=O)Nc4ccc(OC)c(OC)c4)cnn32)cc1. The van der Waals surface area contributed by atoms with Crippen molar-refractivity contribution >= 4 is 23.4 Å². The molecule has 0 radical (unpaired) electrons. The van der Waals surface area contributed by atoms with E-state index in [1.165, 1.54) is 20.4 Å². The first-order chi connectivity index (χ1) is 15.9. The molecular formula is C23H22N4O6. The third-order valence-electron chi connectivity index (χ3n) is 5.21. The summed E-state index contributed by atoms with van der Waals surface area (Å²) in [5.74, 6) is 0.322. The van der Waals surface area contributed by atoms with Gasteiger partial charge in [-0.1, -0.05) is 12.1 Å². The number of carbonyl (C=O) groups is 2. The number of anilines is 2. The number of carboxylic acids is 1. The summed E-state index contributed by atoms with van der Waals surface area (Å²) in [5.41, 5.74) is 1.40. The number of carboxylic acid groups (broad SMARTS) is 1. The van der Waals surface area contributed by atoms with E-state index in [1.54, 1.807) is 48.2 Å². The van der Waals surface area contributed by atoms with E-state index in [-0.39, 0.29) is 17.1 Å². The molecule has 10 nitrogen and oxygen atoms in total. The lowest BCUT2D eigenvalue weighted by Crippen LogP contribution is -2.25. The van der Waals surface area contributed by atoms with Crippen LogP contribution in [-0.4, -0.2) is 48.1 Å². The van der Waals surface area contributed by atoms with Crippen molar-refractivity contribution in [2.24, 2.45) is 0 Å². The number of rotatable bonds is 7. The molecule has 1 atom stereocenters. The number of hydrogen-bond donors (Lipinski definition) is 3. The Kier molecular flexibility index (Phi) is 5.90. The standard InChI is InChI=1S/C23H22N4O6/c1-31-15-7-4-13(5-8-15)18-11-17(23(29)30)26-21-16(12-24-27(18)21)22(28)25-14-6-9-19(32-2)20(10-14)33-3/h4-12,18,26H,1-3H3,(H,25,28)(H,29,30)/t18-/m0/s1. The highest BCUT2D eigenvalue weighted by Gasteiger charge is 2.29. The molecule has 0 saturated carbocycles. The molecule has 1 aliphatic heterocycles. The Labute approximate surface area is 189 Å². The van der Waals surface area contributed by atoms with Crippen LogP contribution in [0.1, 0.15) is 22.0 Å². The van der Waals surface area contributed by atoms with Crippen molar-refractivity contribution in [1.82, 2.24) is 9.78 Å². The number of aromatic nitrogens is 2. The van der Waals surface area contributed by atoms with Crippen molar-refractivity contribution in [3.63, 3.8) is 0 Å². The molecule has 0 aliphatic carbocycles. The Balaban J connectivity index is 1.67. The lowest BCUT2D eigenvalue weighted by molar-refractivity contribution is -0.132. The average molecular weight is 450 g/mol. The summed E-state index contributed by atoms with van der Waals surface area (Å²) in [5, 5.41) is 19.6. The summed E-state index contributed by atoms with van der Waals surface area (Å²) >= 11 is 0. The van der Waals surface area contributed by atoms with Crippen molar-refractivity contribution in [2.45, 2.75) is 6.04 Å². The van der Waals surface area contributed by atoms with Gasteiger partial charge in [-0.25, -0.2) is 9.48 Å². The van der Waals surface area contributed by atoms with Gasteiger partial charge in [0.05, 0.1) is 33.6 Å². The van der Waals surface area contributed by atoms with Crippen LogP contribution >= 0.6 is 0 Å². The van der Waals surface area contributed by atoms with Crippen molar-refractivity contribution < 1.29 is 28.9 Å². The van der Waals surface area contributed by atoms with Gasteiger partial charge in [0.15, 0.2) is 11.5 Å². The van der Waals surface area contributed by atoms with E-state index in [2.05, 4.69) is 15.7 Å². The molecule has 4 rings (SSSR count). The zero-order chi connectivity index (χ0) is 23.5. The highest BCUT2D eigenvalue weighted by Crippen LogP contribution is 2.34. The van der Waals surface area contributed by atoms with Crippen LogP contribution < -0.4 is 24.8 Å². The molecule has 2 aromatic carbocycles. The molecule has 1 aliphatic rings. The van der Waals surface area contributed by atoms with Gasteiger partial charge in [0.25, 0.3) is 5.91 Å². The van der Waals surface area contributed by atoms with Crippen molar-refractivity contribution in [2.75, 3.05) is 32.0 Å². The molecule has 3 N–H and O–H groups in total. The number of nitrogens with one attached hydrogen (secondary N) is 2. The number of aliphatic carboxylic acids is 1. The zero-order valence-electron chi connectivity index (χ0n) is 18.2. The van der Waals surface area contributed by atoms with Gasteiger partial charge >= 0.3 is 5.97 Å². The van der Waals surface area contributed by atoms with E-state index in [4.69, 9.17) is 14.2 Å². The van der Waals surface area contributed by atoms with Crippen LogP contribution in [0, 0.1) is 0 Å². The average Bonchev–Trinajstić information content (AvgIpc) is 3.27. The van der Waals surface area contributed by atoms with E-state index < -0.39 is 17.9 Å². The molecule has 0 unspecified atom stereocenters. The molecular weight excluding hydrogens is 428 g/mol. The van der Waals surface area contributed by atoms with Gasteiger partial charge in [-0.3, -0.25) is 4.79 Å². The summed E-state index contributed by atoms with van der Waals surface area (Å²) in [4.78, 5) is 24.8. The molecule has 0 bridgehead atoms. The van der Waals surface area contributed by atoms with Crippen LogP contribution in [0.5, 0.6) is 17.2 Å².